The van der Waals surface area contributed by atoms with E-state index < -0.39 is 9.84 Å². The van der Waals surface area contributed by atoms with Crippen molar-refractivity contribution in [1.29, 1.82) is 0 Å². The van der Waals surface area contributed by atoms with E-state index in [1.54, 1.807) is 17.0 Å². The van der Waals surface area contributed by atoms with Gasteiger partial charge in [0, 0.05) is 37.6 Å². The van der Waals surface area contributed by atoms with Gasteiger partial charge in [0.25, 0.3) is 0 Å². The van der Waals surface area contributed by atoms with E-state index in [2.05, 4.69) is 17.9 Å². The van der Waals surface area contributed by atoms with Crippen LogP contribution in [-0.4, -0.2) is 69.4 Å². The molecule has 10 heteroatoms. The largest absolute Gasteiger partial charge is 0.379 e. The van der Waals surface area contributed by atoms with Crippen LogP contribution in [0, 0.1) is 13.8 Å². The predicted molar refractivity (Wildman–Crippen MR) is 146 cm³/mol. The van der Waals surface area contributed by atoms with E-state index >= 15 is 0 Å². The van der Waals surface area contributed by atoms with Gasteiger partial charge in [0.15, 0.2) is 15.0 Å². The molecule has 1 fully saturated rings. The van der Waals surface area contributed by atoms with Crippen molar-refractivity contribution in [3.8, 4) is 0 Å². The molecular weight excluding hydrogens is 518 g/mol. The highest BCUT2D eigenvalue weighted by molar-refractivity contribution is 7.91. The van der Waals surface area contributed by atoms with Gasteiger partial charge in [0.1, 0.15) is 0 Å². The second-order valence-electron chi connectivity index (χ2n) is 9.10. The average molecular weight is 550 g/mol. The van der Waals surface area contributed by atoms with Gasteiger partial charge in [-0.1, -0.05) is 35.1 Å². The summed E-state index contributed by atoms with van der Waals surface area (Å²) in [7, 11) is -3.49. The molecule has 0 atom stereocenters. The molecule has 0 saturated carbocycles. The highest BCUT2D eigenvalue weighted by atomic mass is 35.5. The minimum Gasteiger partial charge on any atom is -0.379 e. The number of aromatic nitrogens is 1. The minimum absolute atomic E-state index is 0.0972. The molecular formula is C26H32ClN3O4S2. The van der Waals surface area contributed by atoms with Gasteiger partial charge in [-0.25, -0.2) is 13.4 Å². The normalized spacial score (nSPS) is 14.9. The van der Waals surface area contributed by atoms with Gasteiger partial charge in [-0.05, 0) is 62.1 Å². The van der Waals surface area contributed by atoms with Crippen LogP contribution in [0.15, 0.2) is 41.3 Å². The maximum Gasteiger partial charge on any atom is 0.228 e. The molecule has 0 aliphatic carbocycles. The Labute approximate surface area is 221 Å². The first kappa shape index (κ1) is 27.0. The van der Waals surface area contributed by atoms with Crippen LogP contribution in [0.2, 0.25) is 5.02 Å². The fourth-order valence-corrected chi connectivity index (χ4v) is 6.87. The number of thiazole rings is 1. The highest BCUT2D eigenvalue weighted by Crippen LogP contribution is 2.33. The van der Waals surface area contributed by atoms with E-state index in [9.17, 15) is 13.2 Å². The van der Waals surface area contributed by atoms with Gasteiger partial charge in [0.05, 0.1) is 34.1 Å². The maximum absolute atomic E-state index is 13.4. The molecule has 0 unspecified atom stereocenters. The molecule has 194 valence electrons. The Morgan fingerprint density at radius 2 is 1.78 bits per heavy atom. The van der Waals surface area contributed by atoms with Crippen molar-refractivity contribution in [2.24, 2.45) is 0 Å². The molecule has 1 saturated heterocycles. The minimum atomic E-state index is -3.49. The number of aryl methyl sites for hydroxylation is 2. The number of nitrogens with zero attached hydrogens (tertiary/aromatic N) is 3. The van der Waals surface area contributed by atoms with Gasteiger partial charge in [0.2, 0.25) is 5.91 Å². The lowest BCUT2D eigenvalue weighted by molar-refractivity contribution is -0.118. The number of sulfone groups is 1. The molecule has 1 amide bonds. The highest BCUT2D eigenvalue weighted by Gasteiger charge is 2.23. The summed E-state index contributed by atoms with van der Waals surface area (Å²) in [4.78, 5) is 22.5. The zero-order valence-electron chi connectivity index (χ0n) is 20.7. The van der Waals surface area contributed by atoms with E-state index in [1.807, 2.05) is 13.0 Å². The van der Waals surface area contributed by atoms with Crippen LogP contribution in [-0.2, 0) is 19.4 Å². The second kappa shape index (κ2) is 12.0. The number of morpholine rings is 1. The summed E-state index contributed by atoms with van der Waals surface area (Å²) in [5, 5.41) is 1.16. The van der Waals surface area contributed by atoms with Crippen molar-refractivity contribution in [2.45, 2.75) is 38.0 Å². The smallest absolute Gasteiger partial charge is 0.228 e. The Morgan fingerprint density at radius 1 is 1.08 bits per heavy atom. The van der Waals surface area contributed by atoms with Crippen molar-refractivity contribution in [2.75, 3.05) is 50.0 Å². The maximum atomic E-state index is 13.4. The zero-order chi connectivity index (χ0) is 25.7. The molecule has 1 aliphatic rings. The lowest BCUT2D eigenvalue weighted by Crippen LogP contribution is -2.39. The molecule has 3 aromatic rings. The standard InChI is InChI=1S/C26H32ClN3O4S2/c1-19-6-7-20(2)25-24(19)28-26(35-25)30(13-4-12-29-14-16-34-17-15-29)23(31)5-3-18-36(32,33)22-10-8-21(27)9-11-22/h6-11H,3-5,12-18H2,1-2H3. The third kappa shape index (κ3) is 6.63. The van der Waals surface area contributed by atoms with E-state index in [1.165, 1.54) is 23.5 Å². The first-order valence-electron chi connectivity index (χ1n) is 12.2. The monoisotopic (exact) mass is 549 g/mol. The third-order valence-electron chi connectivity index (χ3n) is 6.40. The number of benzene rings is 2. The molecule has 0 spiro atoms. The molecule has 7 nitrogen and oxygen atoms in total. The summed E-state index contributed by atoms with van der Waals surface area (Å²) in [6.45, 7) is 8.76. The van der Waals surface area contributed by atoms with Crippen molar-refractivity contribution < 1.29 is 17.9 Å². The number of carbonyl (C=O) groups is 1. The molecule has 1 aromatic heterocycles. The molecule has 4 rings (SSSR count). The Kier molecular flexibility index (Phi) is 9.00. The Morgan fingerprint density at radius 3 is 2.47 bits per heavy atom. The van der Waals surface area contributed by atoms with Crippen LogP contribution in [0.25, 0.3) is 10.2 Å². The van der Waals surface area contributed by atoms with Crippen LogP contribution in [0.4, 0.5) is 5.13 Å². The molecule has 36 heavy (non-hydrogen) atoms. The topological polar surface area (TPSA) is 79.8 Å². The van der Waals surface area contributed by atoms with Crippen LogP contribution in [0.1, 0.15) is 30.4 Å². The first-order valence-corrected chi connectivity index (χ1v) is 15.0. The lowest BCUT2D eigenvalue weighted by atomic mass is 10.1. The lowest BCUT2D eigenvalue weighted by Gasteiger charge is -2.27. The number of rotatable bonds is 10. The number of anilines is 1. The molecule has 0 radical (unpaired) electrons. The number of hydrogen-bond acceptors (Lipinski definition) is 7. The van der Waals surface area contributed by atoms with Crippen LogP contribution < -0.4 is 4.90 Å². The number of fused-ring (bicyclic) bond motifs is 1. The van der Waals surface area contributed by atoms with E-state index in [4.69, 9.17) is 21.3 Å². The second-order valence-corrected chi connectivity index (χ2v) is 12.6. The third-order valence-corrected chi connectivity index (χ3v) is 9.68. The van der Waals surface area contributed by atoms with Gasteiger partial charge in [-0.15, -0.1) is 0 Å². The number of halogens is 1. The summed E-state index contributed by atoms with van der Waals surface area (Å²) in [6, 6.07) is 10.3. The van der Waals surface area contributed by atoms with Crippen molar-refractivity contribution >= 4 is 54.0 Å². The zero-order valence-corrected chi connectivity index (χ0v) is 23.1. The first-order chi connectivity index (χ1) is 17.2. The average Bonchev–Trinajstić information content (AvgIpc) is 3.31. The number of ether oxygens (including phenoxy) is 1. The predicted octanol–water partition coefficient (Wildman–Crippen LogP) is 4.88. The van der Waals surface area contributed by atoms with Gasteiger partial charge in [-0.2, -0.15) is 0 Å². The number of carbonyl (C=O) groups excluding carboxylic acids is 1. The Hall–Kier alpha value is -2.04. The fourth-order valence-electron chi connectivity index (χ4n) is 4.28. The molecule has 2 heterocycles. The SMILES string of the molecule is Cc1ccc(C)c2sc(N(CCCN3CCOCC3)C(=O)CCCS(=O)(=O)c3ccc(Cl)cc3)nc12. The van der Waals surface area contributed by atoms with Gasteiger partial charge in [-0.3, -0.25) is 14.6 Å². The Balaban J connectivity index is 1.46. The van der Waals surface area contributed by atoms with Crippen LogP contribution in [0.5, 0.6) is 0 Å². The number of hydrogen-bond donors (Lipinski definition) is 0. The summed E-state index contributed by atoms with van der Waals surface area (Å²) in [6.07, 6.45) is 1.19. The van der Waals surface area contributed by atoms with Crippen LogP contribution in [0.3, 0.4) is 0 Å². The molecule has 0 N–H and O–H groups in total. The Bertz CT molecular complexity index is 1260. The van der Waals surface area contributed by atoms with Crippen molar-refractivity contribution in [3.05, 3.63) is 52.5 Å². The van der Waals surface area contributed by atoms with Crippen molar-refractivity contribution in [3.63, 3.8) is 0 Å². The van der Waals surface area contributed by atoms with E-state index in [-0.39, 0.29) is 29.4 Å². The van der Waals surface area contributed by atoms with E-state index in [0.717, 1.165) is 60.6 Å². The van der Waals surface area contributed by atoms with E-state index in [0.29, 0.717) is 16.7 Å². The summed E-state index contributed by atoms with van der Waals surface area (Å²) >= 11 is 7.41. The van der Waals surface area contributed by atoms with Gasteiger partial charge < -0.3 is 4.74 Å². The van der Waals surface area contributed by atoms with Gasteiger partial charge >= 0.3 is 0 Å². The quantitative estimate of drug-likeness (QED) is 0.359. The summed E-state index contributed by atoms with van der Waals surface area (Å²) in [5.41, 5.74) is 3.13. The van der Waals surface area contributed by atoms with Crippen molar-refractivity contribution in [1.82, 2.24) is 9.88 Å². The van der Waals surface area contributed by atoms with Crippen LogP contribution >= 0.6 is 22.9 Å². The molecule has 1 aliphatic heterocycles. The molecule has 2 aromatic carbocycles. The molecule has 0 bridgehead atoms. The number of amides is 1. The fraction of sp³-hybridized carbons (Fsp3) is 0.462. The summed E-state index contributed by atoms with van der Waals surface area (Å²) in [5.74, 6) is -0.197. The summed E-state index contributed by atoms with van der Waals surface area (Å²) < 4.78 is 31.9.